The molecule has 2 aromatic carbocycles. The van der Waals surface area contributed by atoms with E-state index >= 15 is 0 Å². The van der Waals surface area contributed by atoms with Gasteiger partial charge in [-0.2, -0.15) is 5.26 Å². The zero-order chi connectivity index (χ0) is 13.8. The van der Waals surface area contributed by atoms with Gasteiger partial charge in [-0.05, 0) is 17.7 Å². The van der Waals surface area contributed by atoms with E-state index < -0.39 is 17.5 Å². The Balaban J connectivity index is 2.17. The van der Waals surface area contributed by atoms with Crippen molar-refractivity contribution in [3.05, 3.63) is 65.0 Å². The van der Waals surface area contributed by atoms with E-state index in [4.69, 9.17) is 5.26 Å². The third-order valence-corrected chi connectivity index (χ3v) is 2.53. The van der Waals surface area contributed by atoms with Crippen LogP contribution in [0.25, 0.3) is 0 Å². The first-order chi connectivity index (χ1) is 9.10. The van der Waals surface area contributed by atoms with Crippen LogP contribution in [0, 0.1) is 28.8 Å². The molecule has 0 saturated carbocycles. The Morgan fingerprint density at radius 1 is 1.11 bits per heavy atom. The number of hydrogen-bond donors (Lipinski definition) is 1. The Morgan fingerprint density at radius 2 is 1.89 bits per heavy atom. The molecule has 0 aliphatic rings. The van der Waals surface area contributed by atoms with E-state index in [1.165, 1.54) is 0 Å². The molecule has 5 heteroatoms. The van der Waals surface area contributed by atoms with Crippen LogP contribution < -0.4 is 5.32 Å². The number of halogens is 3. The van der Waals surface area contributed by atoms with Crippen molar-refractivity contribution in [2.24, 2.45) is 0 Å². The summed E-state index contributed by atoms with van der Waals surface area (Å²) >= 11 is 0. The Kier molecular flexibility index (Phi) is 3.71. The summed E-state index contributed by atoms with van der Waals surface area (Å²) in [4.78, 5) is 0. The van der Waals surface area contributed by atoms with Crippen molar-refractivity contribution in [3.8, 4) is 6.07 Å². The maximum absolute atomic E-state index is 13.4. The summed E-state index contributed by atoms with van der Waals surface area (Å²) in [7, 11) is 0. The summed E-state index contributed by atoms with van der Waals surface area (Å²) < 4.78 is 39.3. The van der Waals surface area contributed by atoms with E-state index in [9.17, 15) is 13.2 Å². The lowest BCUT2D eigenvalue weighted by Crippen LogP contribution is -2.03. The molecular weight excluding hydrogens is 253 g/mol. The SMILES string of the molecule is N#Cc1cccc(CNc2cc(F)cc(F)c2F)c1. The molecular formula is C14H9F3N2. The summed E-state index contributed by atoms with van der Waals surface area (Å²) in [5, 5.41) is 11.3. The molecule has 0 atom stereocenters. The minimum Gasteiger partial charge on any atom is -0.378 e. The van der Waals surface area contributed by atoms with Crippen molar-refractivity contribution in [3.63, 3.8) is 0 Å². The molecule has 1 N–H and O–H groups in total. The van der Waals surface area contributed by atoms with Crippen molar-refractivity contribution in [1.82, 2.24) is 0 Å². The number of rotatable bonds is 3. The molecule has 2 nitrogen and oxygen atoms in total. The lowest BCUT2D eigenvalue weighted by molar-refractivity contribution is 0.497. The molecule has 96 valence electrons. The van der Waals surface area contributed by atoms with E-state index in [0.29, 0.717) is 17.2 Å². The van der Waals surface area contributed by atoms with Gasteiger partial charge in [0.25, 0.3) is 0 Å². The zero-order valence-corrected chi connectivity index (χ0v) is 9.75. The number of nitriles is 1. The van der Waals surface area contributed by atoms with Crippen LogP contribution in [0.5, 0.6) is 0 Å². The Labute approximate surface area is 108 Å². The number of nitrogens with zero attached hydrogens (tertiary/aromatic N) is 1. The second-order valence-electron chi connectivity index (χ2n) is 3.91. The van der Waals surface area contributed by atoms with Gasteiger partial charge >= 0.3 is 0 Å². The molecule has 0 radical (unpaired) electrons. The fourth-order valence-corrected chi connectivity index (χ4v) is 1.63. The number of nitrogens with one attached hydrogen (secondary N) is 1. The fourth-order valence-electron chi connectivity index (χ4n) is 1.63. The number of hydrogen-bond acceptors (Lipinski definition) is 2. The van der Waals surface area contributed by atoms with Gasteiger partial charge in [0.2, 0.25) is 0 Å². The highest BCUT2D eigenvalue weighted by molar-refractivity contribution is 5.46. The predicted molar refractivity (Wildman–Crippen MR) is 64.8 cm³/mol. The van der Waals surface area contributed by atoms with Crippen LogP contribution in [0.4, 0.5) is 18.9 Å². The average Bonchev–Trinajstić information content (AvgIpc) is 2.41. The third-order valence-electron chi connectivity index (χ3n) is 2.53. The molecule has 0 aliphatic heterocycles. The van der Waals surface area contributed by atoms with E-state index in [-0.39, 0.29) is 12.2 Å². The largest absolute Gasteiger partial charge is 0.378 e. The molecule has 19 heavy (non-hydrogen) atoms. The minimum absolute atomic E-state index is 0.162. The smallest absolute Gasteiger partial charge is 0.182 e. The predicted octanol–water partition coefficient (Wildman–Crippen LogP) is 3.59. The molecule has 0 unspecified atom stereocenters. The van der Waals surface area contributed by atoms with Gasteiger partial charge in [0.15, 0.2) is 11.6 Å². The minimum atomic E-state index is -1.24. The number of anilines is 1. The second kappa shape index (κ2) is 5.44. The van der Waals surface area contributed by atoms with Crippen molar-refractivity contribution in [2.75, 3.05) is 5.32 Å². The van der Waals surface area contributed by atoms with Crippen molar-refractivity contribution in [2.45, 2.75) is 6.54 Å². The monoisotopic (exact) mass is 262 g/mol. The highest BCUT2D eigenvalue weighted by atomic mass is 19.2. The molecule has 0 fully saturated rings. The van der Waals surface area contributed by atoms with Crippen LogP contribution >= 0.6 is 0 Å². The first-order valence-corrected chi connectivity index (χ1v) is 5.47. The Hall–Kier alpha value is -2.48. The van der Waals surface area contributed by atoms with E-state index in [1.54, 1.807) is 24.3 Å². The van der Waals surface area contributed by atoms with Crippen LogP contribution in [0.1, 0.15) is 11.1 Å². The van der Waals surface area contributed by atoms with Crippen molar-refractivity contribution in [1.29, 1.82) is 5.26 Å². The molecule has 0 heterocycles. The second-order valence-corrected chi connectivity index (χ2v) is 3.91. The lowest BCUT2D eigenvalue weighted by atomic mass is 10.1. The molecule has 0 aliphatic carbocycles. The maximum atomic E-state index is 13.4. The maximum Gasteiger partial charge on any atom is 0.182 e. The van der Waals surface area contributed by atoms with E-state index in [2.05, 4.69) is 5.32 Å². The summed E-state index contributed by atoms with van der Waals surface area (Å²) in [5.41, 5.74) is 0.924. The van der Waals surface area contributed by atoms with Gasteiger partial charge in [0.1, 0.15) is 5.82 Å². The zero-order valence-electron chi connectivity index (χ0n) is 9.75. The standard InChI is InChI=1S/C14H9F3N2/c15-11-5-12(16)14(17)13(6-11)19-8-10-3-1-2-9(4-10)7-18/h1-6,19H,8H2. The molecule has 0 bridgehead atoms. The van der Waals surface area contributed by atoms with Crippen LogP contribution in [0.2, 0.25) is 0 Å². The highest BCUT2D eigenvalue weighted by Gasteiger charge is 2.10. The van der Waals surface area contributed by atoms with Crippen LogP contribution in [0.3, 0.4) is 0 Å². The van der Waals surface area contributed by atoms with Crippen molar-refractivity contribution >= 4 is 5.69 Å². The third kappa shape index (κ3) is 3.05. The van der Waals surface area contributed by atoms with Gasteiger partial charge in [-0.1, -0.05) is 12.1 Å². The first kappa shape index (κ1) is 13.0. The van der Waals surface area contributed by atoms with Crippen molar-refractivity contribution < 1.29 is 13.2 Å². The summed E-state index contributed by atoms with van der Waals surface area (Å²) in [6.45, 7) is 0.162. The Bertz CT molecular complexity index is 648. The molecule has 0 amide bonds. The summed E-state index contributed by atoms with van der Waals surface area (Å²) in [6, 6.07) is 9.98. The average molecular weight is 262 g/mol. The van der Waals surface area contributed by atoms with Crippen LogP contribution in [-0.4, -0.2) is 0 Å². The normalized spacial score (nSPS) is 10.0. The van der Waals surface area contributed by atoms with Gasteiger partial charge < -0.3 is 5.32 Å². The summed E-state index contributed by atoms with van der Waals surface area (Å²) in [5.74, 6) is -3.22. The molecule has 0 spiro atoms. The van der Waals surface area contributed by atoms with E-state index in [1.807, 2.05) is 6.07 Å². The quantitative estimate of drug-likeness (QED) is 0.858. The molecule has 0 saturated heterocycles. The van der Waals surface area contributed by atoms with Gasteiger partial charge in [-0.3, -0.25) is 0 Å². The fraction of sp³-hybridized carbons (Fsp3) is 0.0714. The van der Waals surface area contributed by atoms with Gasteiger partial charge in [-0.25, -0.2) is 13.2 Å². The number of benzene rings is 2. The highest BCUT2D eigenvalue weighted by Crippen LogP contribution is 2.20. The Morgan fingerprint density at radius 3 is 2.63 bits per heavy atom. The topological polar surface area (TPSA) is 35.8 Å². The summed E-state index contributed by atoms with van der Waals surface area (Å²) in [6.07, 6.45) is 0. The molecule has 2 aromatic rings. The van der Waals surface area contributed by atoms with Crippen LogP contribution in [-0.2, 0) is 6.54 Å². The lowest BCUT2D eigenvalue weighted by Gasteiger charge is -2.08. The van der Waals surface area contributed by atoms with Gasteiger partial charge in [-0.15, -0.1) is 0 Å². The molecule has 0 aromatic heterocycles. The molecule has 2 rings (SSSR count). The van der Waals surface area contributed by atoms with E-state index in [0.717, 1.165) is 6.07 Å². The van der Waals surface area contributed by atoms with Gasteiger partial charge in [0.05, 0.1) is 17.3 Å². The first-order valence-electron chi connectivity index (χ1n) is 5.47. The van der Waals surface area contributed by atoms with Crippen LogP contribution in [0.15, 0.2) is 36.4 Å². The van der Waals surface area contributed by atoms with Gasteiger partial charge in [0, 0.05) is 18.7 Å².